The molecule has 3 saturated heterocycles. The maximum absolute atomic E-state index is 14.2. The first-order valence-corrected chi connectivity index (χ1v) is 19.4. The number of methoxy groups -OCH3 is 1. The molecule has 0 aromatic rings. The molecule has 0 spiro atoms. The van der Waals surface area contributed by atoms with E-state index in [2.05, 4.69) is 0 Å². The third-order valence-corrected chi connectivity index (χ3v) is 12.1. The van der Waals surface area contributed by atoms with Crippen LogP contribution >= 0.6 is 0 Å². The molecule has 0 saturated carbocycles. The summed E-state index contributed by atoms with van der Waals surface area (Å²) in [5.41, 5.74) is -4.92. The molecule has 4 N–H and O–H groups in total. The number of nitrogens with zero attached hydrogens (tertiary/aromatic N) is 1. The van der Waals surface area contributed by atoms with Crippen LogP contribution in [0.15, 0.2) is 0 Å². The molecule has 0 bridgehead atoms. The number of Topliss-reactive ketones (excluding diaryl/α,β-unsaturated/α-hetero) is 1. The lowest BCUT2D eigenvalue weighted by molar-refractivity contribution is -0.318. The number of carbonyl (C=O) groups is 3. The van der Waals surface area contributed by atoms with Crippen molar-refractivity contribution in [3.63, 3.8) is 0 Å². The fourth-order valence-electron chi connectivity index (χ4n) is 8.71. The van der Waals surface area contributed by atoms with E-state index < -0.39 is 114 Å². The molecule has 0 radical (unpaired) electrons. The molecule has 54 heavy (non-hydrogen) atoms. The van der Waals surface area contributed by atoms with Crippen LogP contribution in [0.4, 0.5) is 0 Å². The third kappa shape index (κ3) is 10.2. The molecule has 15 heteroatoms. The number of cyclic esters (lactones) is 1. The van der Waals surface area contributed by atoms with Gasteiger partial charge in [-0.15, -0.1) is 0 Å². The van der Waals surface area contributed by atoms with Crippen molar-refractivity contribution in [2.75, 3.05) is 21.2 Å². The van der Waals surface area contributed by atoms with E-state index in [1.54, 1.807) is 41.5 Å². The number of carbonyl (C=O) groups excluding carboxylic acids is 3. The van der Waals surface area contributed by atoms with E-state index in [0.717, 1.165) is 0 Å². The van der Waals surface area contributed by atoms with Crippen molar-refractivity contribution in [1.82, 2.24) is 4.90 Å². The highest BCUT2D eigenvalue weighted by Gasteiger charge is 2.54. The number of aliphatic hydroxyl groups is 4. The molecule has 3 heterocycles. The maximum atomic E-state index is 14.2. The highest BCUT2D eigenvalue weighted by molar-refractivity contribution is 5.83. The summed E-state index contributed by atoms with van der Waals surface area (Å²) in [5.74, 6) is -5.68. The fraction of sp³-hybridized carbons (Fsp3) is 0.923. The van der Waals surface area contributed by atoms with Crippen LogP contribution in [0, 0.1) is 23.7 Å². The van der Waals surface area contributed by atoms with Gasteiger partial charge in [-0.25, -0.2) is 0 Å². The van der Waals surface area contributed by atoms with Crippen LogP contribution in [0.5, 0.6) is 0 Å². The van der Waals surface area contributed by atoms with Gasteiger partial charge in [0.25, 0.3) is 0 Å². The quantitative estimate of drug-likeness (QED) is 0.262. The summed E-state index contributed by atoms with van der Waals surface area (Å²) in [6.07, 6.45) is -9.80. The van der Waals surface area contributed by atoms with Gasteiger partial charge in [-0.3, -0.25) is 14.4 Å². The molecule has 0 unspecified atom stereocenters. The molecule has 314 valence electrons. The molecule has 3 aliphatic heterocycles. The SMILES string of the molecule is CC[C@H]1OC(=O)[C@H](C)[C@@H](O[C@@H]2C[C@@](C)(OC)[C@@H](O)[C@H](C)O2)[C@H](C)[C@@H](O[C@@H]2O[C@H](C)C[C@H](N(C)C)[C@H]2OC(C)=O)[C@](C)(O)C[C@@H](C)C(=O)[C@H](C)[C@@H](O)[C@]1(C)O. The second kappa shape index (κ2) is 18.2. The molecular weight excluding hydrogens is 706 g/mol. The van der Waals surface area contributed by atoms with E-state index >= 15 is 0 Å². The zero-order valence-corrected chi connectivity index (χ0v) is 34.8. The Morgan fingerprint density at radius 3 is 2.06 bits per heavy atom. The van der Waals surface area contributed by atoms with E-state index in [0.29, 0.717) is 6.42 Å². The van der Waals surface area contributed by atoms with Crippen molar-refractivity contribution in [1.29, 1.82) is 0 Å². The third-order valence-electron chi connectivity index (χ3n) is 12.1. The molecular formula is C39H69NO14. The van der Waals surface area contributed by atoms with Gasteiger partial charge in [-0.2, -0.15) is 0 Å². The Morgan fingerprint density at radius 1 is 0.907 bits per heavy atom. The first-order valence-electron chi connectivity index (χ1n) is 19.4. The second-order valence-corrected chi connectivity index (χ2v) is 17.1. The molecule has 0 aromatic heterocycles. The minimum Gasteiger partial charge on any atom is -0.459 e. The number of rotatable bonds is 8. The van der Waals surface area contributed by atoms with Gasteiger partial charge in [-0.1, -0.05) is 27.7 Å². The van der Waals surface area contributed by atoms with E-state index in [9.17, 15) is 34.8 Å². The van der Waals surface area contributed by atoms with Gasteiger partial charge in [0, 0.05) is 38.2 Å². The van der Waals surface area contributed by atoms with Gasteiger partial charge in [0.1, 0.15) is 23.6 Å². The average molecular weight is 776 g/mol. The van der Waals surface area contributed by atoms with Crippen LogP contribution in [0.2, 0.25) is 0 Å². The van der Waals surface area contributed by atoms with Gasteiger partial charge >= 0.3 is 11.9 Å². The topological polar surface area (TPSA) is 200 Å². The van der Waals surface area contributed by atoms with Crippen LogP contribution in [0.25, 0.3) is 0 Å². The normalized spacial score (nSPS) is 47.5. The largest absolute Gasteiger partial charge is 0.459 e. The number of likely N-dealkylation sites (N-methyl/N-ethyl adjacent to an activating group) is 1. The Hall–Kier alpha value is -1.79. The molecule has 0 aromatic carbocycles. The first-order chi connectivity index (χ1) is 24.8. The Morgan fingerprint density at radius 2 is 1.52 bits per heavy atom. The Balaban J connectivity index is 2.23. The standard InChI is InChI=1S/C39H69NO14/c1-15-27-39(11,47)32(43)21(4)29(42)19(2)17-37(9,46)34(54-36-31(51-25(8)41)26(40(12)13)16-20(3)49-36)22(5)30(23(6)35(45)52-27)53-28-18-38(10,48-14)33(44)24(7)50-28/h19-24,26-28,30-34,36,43-44,46-47H,15-18H2,1-14H3/t19-,20-,21+,22+,23-,24+,26+,27-,28-,30+,31-,32-,33+,34-,36+,37-,38-,39-/m1/s1. The number of hydrogen-bond acceptors (Lipinski definition) is 15. The number of ether oxygens (including phenoxy) is 7. The molecule has 15 nitrogen and oxygen atoms in total. The summed E-state index contributed by atoms with van der Waals surface area (Å²) < 4.78 is 43.3. The predicted molar refractivity (Wildman–Crippen MR) is 196 cm³/mol. The van der Waals surface area contributed by atoms with Gasteiger partial charge < -0.3 is 58.5 Å². The summed E-state index contributed by atoms with van der Waals surface area (Å²) in [7, 11) is 5.19. The van der Waals surface area contributed by atoms with Crippen molar-refractivity contribution >= 4 is 17.7 Å². The van der Waals surface area contributed by atoms with E-state index in [1.807, 2.05) is 25.9 Å². The van der Waals surface area contributed by atoms with Crippen molar-refractivity contribution < 1.29 is 68.0 Å². The second-order valence-electron chi connectivity index (χ2n) is 17.1. The lowest BCUT2D eigenvalue weighted by Gasteiger charge is -2.49. The monoisotopic (exact) mass is 775 g/mol. The van der Waals surface area contributed by atoms with E-state index in [1.165, 1.54) is 34.8 Å². The van der Waals surface area contributed by atoms with E-state index in [4.69, 9.17) is 33.2 Å². The van der Waals surface area contributed by atoms with Crippen molar-refractivity contribution in [3.8, 4) is 0 Å². The summed E-state index contributed by atoms with van der Waals surface area (Å²) in [6.45, 7) is 17.6. The maximum Gasteiger partial charge on any atom is 0.311 e. The molecule has 3 fully saturated rings. The molecule has 3 aliphatic rings. The summed E-state index contributed by atoms with van der Waals surface area (Å²) in [5, 5.41) is 46.5. The van der Waals surface area contributed by atoms with Crippen LogP contribution in [0.1, 0.15) is 102 Å². The van der Waals surface area contributed by atoms with Gasteiger partial charge in [0.05, 0.1) is 53.7 Å². The molecule has 18 atom stereocenters. The summed E-state index contributed by atoms with van der Waals surface area (Å²) >= 11 is 0. The van der Waals surface area contributed by atoms with Crippen molar-refractivity contribution in [2.45, 2.75) is 186 Å². The molecule has 0 aliphatic carbocycles. The number of esters is 2. The van der Waals surface area contributed by atoms with Crippen molar-refractivity contribution in [2.24, 2.45) is 23.7 Å². The van der Waals surface area contributed by atoms with Crippen molar-refractivity contribution in [3.05, 3.63) is 0 Å². The van der Waals surface area contributed by atoms with Crippen LogP contribution in [-0.2, 0) is 47.5 Å². The smallest absolute Gasteiger partial charge is 0.311 e. The number of aliphatic hydroxyl groups excluding tert-OH is 2. The zero-order valence-electron chi connectivity index (χ0n) is 34.8. The Labute approximate surface area is 321 Å². The average Bonchev–Trinajstić information content (AvgIpc) is 3.08. The lowest BCUT2D eigenvalue weighted by atomic mass is 9.74. The number of ketones is 1. The fourth-order valence-corrected chi connectivity index (χ4v) is 8.71. The number of hydrogen-bond donors (Lipinski definition) is 4. The van der Waals surface area contributed by atoms with Gasteiger partial charge in [0.15, 0.2) is 18.7 Å². The Kier molecular flexibility index (Phi) is 15.7. The van der Waals surface area contributed by atoms with Gasteiger partial charge in [0.2, 0.25) is 0 Å². The summed E-state index contributed by atoms with van der Waals surface area (Å²) in [4.78, 5) is 42.4. The van der Waals surface area contributed by atoms with Crippen LogP contribution in [0.3, 0.4) is 0 Å². The minimum absolute atomic E-state index is 0.0755. The minimum atomic E-state index is -2.01. The Bertz CT molecular complexity index is 1280. The molecule has 3 rings (SSSR count). The van der Waals surface area contributed by atoms with Gasteiger partial charge in [-0.05, 0) is 74.9 Å². The highest BCUT2D eigenvalue weighted by atomic mass is 16.7. The first kappa shape index (κ1) is 46.6. The predicted octanol–water partition coefficient (Wildman–Crippen LogP) is 2.36. The zero-order chi connectivity index (χ0) is 41.2. The summed E-state index contributed by atoms with van der Waals surface area (Å²) in [6, 6.07) is -0.320. The van der Waals surface area contributed by atoms with Crippen LogP contribution in [-0.4, -0.2) is 149 Å². The molecule has 0 amide bonds. The van der Waals surface area contributed by atoms with Crippen LogP contribution < -0.4 is 0 Å². The van der Waals surface area contributed by atoms with E-state index in [-0.39, 0.29) is 31.4 Å². The lowest BCUT2D eigenvalue weighted by Crippen LogP contribution is -2.61. The highest BCUT2D eigenvalue weighted by Crippen LogP contribution is 2.41.